The van der Waals surface area contributed by atoms with Gasteiger partial charge in [0.05, 0.1) is 6.10 Å². The van der Waals surface area contributed by atoms with Crippen molar-refractivity contribution in [1.82, 2.24) is 4.90 Å². The number of piperidine rings is 1. The van der Waals surface area contributed by atoms with E-state index in [1.54, 1.807) is 0 Å². The number of hydrogen-bond donors (Lipinski definition) is 1. The quantitative estimate of drug-likeness (QED) is 0.615. The Morgan fingerprint density at radius 3 is 2.35 bits per heavy atom. The fourth-order valence-electron chi connectivity index (χ4n) is 3.53. The van der Waals surface area contributed by atoms with Crippen molar-refractivity contribution >= 4 is 20.4 Å². The van der Waals surface area contributed by atoms with Crippen LogP contribution in [0, 0.1) is 5.41 Å². The number of amides is 1. The van der Waals surface area contributed by atoms with E-state index in [0.29, 0.717) is 32.4 Å². The minimum atomic E-state index is -1.87. The molecule has 2 fully saturated rings. The first kappa shape index (κ1) is 18.2. The van der Waals surface area contributed by atoms with Crippen LogP contribution in [-0.2, 0) is 9.22 Å². The molecule has 0 aromatic carbocycles. The van der Waals surface area contributed by atoms with E-state index in [4.69, 9.17) is 9.53 Å². The second-order valence-electron chi connectivity index (χ2n) is 8.54. The molecule has 0 aromatic rings. The van der Waals surface area contributed by atoms with Crippen molar-refractivity contribution in [2.45, 2.75) is 70.7 Å². The number of carbonyl (C=O) groups is 1. The summed E-state index contributed by atoms with van der Waals surface area (Å²) in [4.78, 5) is 24.0. The van der Waals surface area contributed by atoms with E-state index < -0.39 is 14.4 Å². The number of rotatable bonds is 2. The lowest BCUT2D eigenvalue weighted by Crippen LogP contribution is -2.44. The maximum atomic E-state index is 11.5. The Morgan fingerprint density at radius 2 is 1.91 bits per heavy atom. The van der Waals surface area contributed by atoms with Gasteiger partial charge >= 0.3 is 6.09 Å². The van der Waals surface area contributed by atoms with E-state index in [1.807, 2.05) is 0 Å². The lowest BCUT2D eigenvalue weighted by Gasteiger charge is -2.40. The molecule has 1 spiro atoms. The van der Waals surface area contributed by atoms with Crippen molar-refractivity contribution in [3.8, 4) is 0 Å². The Morgan fingerprint density at radius 1 is 1.35 bits per heavy atom. The molecule has 1 atom stereocenters. The van der Waals surface area contributed by atoms with Gasteiger partial charge < -0.3 is 14.4 Å². The molecule has 0 radical (unpaired) electrons. The highest BCUT2D eigenvalue weighted by Gasteiger charge is 2.49. The zero-order chi connectivity index (χ0) is 17.5. The molecule has 2 rings (SSSR count). The summed E-state index contributed by atoms with van der Waals surface area (Å²) < 4.78 is 6.51. The van der Waals surface area contributed by atoms with Crippen LogP contribution in [0.3, 0.4) is 0 Å². The van der Waals surface area contributed by atoms with Crippen molar-refractivity contribution in [1.29, 1.82) is 0 Å². The Kier molecular flexibility index (Phi) is 4.82. The van der Waals surface area contributed by atoms with E-state index in [2.05, 4.69) is 39.8 Å². The molecule has 1 heterocycles. The van der Waals surface area contributed by atoms with E-state index in [9.17, 15) is 9.59 Å². The number of nitrogens with zero attached hydrogens (tertiary/aromatic N) is 1. The fourth-order valence-corrected chi connectivity index (χ4v) is 4.89. The maximum Gasteiger partial charge on any atom is 0.407 e. The van der Waals surface area contributed by atoms with Crippen molar-refractivity contribution in [3.63, 3.8) is 0 Å². The van der Waals surface area contributed by atoms with Gasteiger partial charge in [-0.1, -0.05) is 20.8 Å². The molecule has 130 valence electrons. The van der Waals surface area contributed by atoms with Crippen LogP contribution in [-0.4, -0.2) is 49.6 Å². The van der Waals surface area contributed by atoms with Gasteiger partial charge in [-0.05, 0) is 37.4 Å². The van der Waals surface area contributed by atoms with Crippen molar-refractivity contribution in [2.75, 3.05) is 13.1 Å². The lowest BCUT2D eigenvalue weighted by atomic mass is 9.74. The molecule has 1 amide bonds. The molecule has 0 bridgehead atoms. The summed E-state index contributed by atoms with van der Waals surface area (Å²) in [5, 5.41) is 9.25. The zero-order valence-electron chi connectivity index (χ0n) is 14.9. The highest BCUT2D eigenvalue weighted by molar-refractivity contribution is 6.74. The summed E-state index contributed by atoms with van der Waals surface area (Å²) in [5.74, 6) is 2.16. The van der Waals surface area contributed by atoms with Crippen molar-refractivity contribution in [2.24, 2.45) is 5.41 Å². The summed E-state index contributed by atoms with van der Waals surface area (Å²) >= 11 is 0. The van der Waals surface area contributed by atoms with Gasteiger partial charge in [-0.25, -0.2) is 9.59 Å². The normalized spacial score (nSPS) is 24.8. The highest BCUT2D eigenvalue weighted by Crippen LogP contribution is 2.51. The molecule has 1 saturated heterocycles. The summed E-state index contributed by atoms with van der Waals surface area (Å²) in [6, 6.07) is 0. The number of carboxylic acid groups (broad SMARTS) is 1. The Labute approximate surface area is 139 Å². The number of hydrogen-bond acceptors (Lipinski definition) is 3. The van der Waals surface area contributed by atoms with Crippen LogP contribution in [0.5, 0.6) is 0 Å². The molecule has 5 nitrogen and oxygen atoms in total. The third-order valence-corrected chi connectivity index (χ3v) is 10.6. The van der Waals surface area contributed by atoms with E-state index in [-0.39, 0.29) is 16.6 Å². The van der Waals surface area contributed by atoms with Gasteiger partial charge in [0, 0.05) is 30.5 Å². The molecule has 1 N–H and O–H groups in total. The summed E-state index contributed by atoms with van der Waals surface area (Å²) in [6.45, 7) is 12.1. The summed E-state index contributed by atoms with van der Waals surface area (Å²) in [7, 11) is -1.87. The van der Waals surface area contributed by atoms with Gasteiger partial charge in [0.2, 0.25) is 0 Å². The van der Waals surface area contributed by atoms with Crippen LogP contribution < -0.4 is 0 Å². The average Bonchev–Trinajstić information content (AvgIpc) is 2.74. The van der Waals surface area contributed by atoms with Gasteiger partial charge in [-0.3, -0.25) is 0 Å². The Bertz CT molecular complexity index is 523. The molecular weight excluding hydrogens is 310 g/mol. The molecule has 0 aromatic heterocycles. The first-order chi connectivity index (χ1) is 10.5. The topological polar surface area (TPSA) is 66.8 Å². The molecule has 1 aliphatic heterocycles. The van der Waals surface area contributed by atoms with Crippen LogP contribution in [0.2, 0.25) is 18.1 Å². The largest absolute Gasteiger partial charge is 0.465 e. The molecule has 2 aliphatic rings. The monoisotopic (exact) mass is 339 g/mol. The second kappa shape index (κ2) is 6.08. The minimum absolute atomic E-state index is 0.0729. The highest BCUT2D eigenvalue weighted by atomic mass is 28.4. The fraction of sp³-hybridized carbons (Fsp3) is 0.824. The molecule has 0 unspecified atom stereocenters. The molecule has 1 aliphatic carbocycles. The molecule has 1 saturated carbocycles. The summed E-state index contributed by atoms with van der Waals surface area (Å²) in [6.07, 6.45) is 2.11. The van der Waals surface area contributed by atoms with Crippen molar-refractivity contribution < 1.29 is 19.1 Å². The standard InChI is InChI=1S/C17H29NO4Si/c1-16(2,3)23(4,5)22-14-10-13(12-19)17(11-14)6-8-18(9-7-17)15(20)21/h14H,6-11H2,1-5H3,(H,20,21)/t14-/m0/s1. The maximum absolute atomic E-state index is 11.5. The SMILES string of the molecule is CC(C)(C)[Si](C)(C)O[C@H]1CC(=C=O)C2(CCN(C(=O)O)CC2)C1. The van der Waals surface area contributed by atoms with E-state index in [1.165, 1.54) is 4.90 Å². The van der Waals surface area contributed by atoms with Gasteiger partial charge in [-0.2, -0.15) is 0 Å². The van der Waals surface area contributed by atoms with Crippen LogP contribution in [0.4, 0.5) is 4.79 Å². The first-order valence-electron chi connectivity index (χ1n) is 8.41. The molecule has 6 heteroatoms. The predicted molar refractivity (Wildman–Crippen MR) is 91.8 cm³/mol. The zero-order valence-corrected chi connectivity index (χ0v) is 15.9. The van der Waals surface area contributed by atoms with Crippen molar-refractivity contribution in [3.05, 3.63) is 5.57 Å². The summed E-state index contributed by atoms with van der Waals surface area (Å²) in [5.41, 5.74) is 0.618. The van der Waals surface area contributed by atoms with Crippen LogP contribution in [0.15, 0.2) is 5.57 Å². The van der Waals surface area contributed by atoms with Gasteiger partial charge in [-0.15, -0.1) is 0 Å². The average molecular weight is 340 g/mol. The van der Waals surface area contributed by atoms with Gasteiger partial charge in [0.25, 0.3) is 0 Å². The van der Waals surface area contributed by atoms with Crippen LogP contribution in [0.1, 0.15) is 46.5 Å². The minimum Gasteiger partial charge on any atom is -0.465 e. The number of carbonyl (C=O) groups excluding carboxylic acids is 1. The van der Waals surface area contributed by atoms with E-state index >= 15 is 0 Å². The molecular formula is C17H29NO4Si. The van der Waals surface area contributed by atoms with Crippen LogP contribution in [0.25, 0.3) is 0 Å². The smallest absolute Gasteiger partial charge is 0.407 e. The Hall–Kier alpha value is -1.10. The third-order valence-electron chi connectivity index (χ3n) is 6.07. The van der Waals surface area contributed by atoms with Crippen LogP contribution >= 0.6 is 0 Å². The predicted octanol–water partition coefficient (Wildman–Crippen LogP) is 3.69. The van der Waals surface area contributed by atoms with E-state index in [0.717, 1.165) is 12.0 Å². The van der Waals surface area contributed by atoms with Gasteiger partial charge in [0.1, 0.15) is 5.94 Å². The van der Waals surface area contributed by atoms with Gasteiger partial charge in [0.15, 0.2) is 8.32 Å². The second-order valence-corrected chi connectivity index (χ2v) is 13.3. The number of likely N-dealkylation sites (tertiary alicyclic amines) is 1. The first-order valence-corrected chi connectivity index (χ1v) is 11.3. The molecule has 23 heavy (non-hydrogen) atoms. The lowest BCUT2D eigenvalue weighted by molar-refractivity contribution is 0.0935. The third kappa shape index (κ3) is 3.54. The Balaban J connectivity index is 2.10.